The smallest absolute Gasteiger partial charge is 0.255 e. The highest BCUT2D eigenvalue weighted by molar-refractivity contribution is 7.92. The number of fused-ring (bicyclic) bond motifs is 1. The molecule has 3 saturated heterocycles. The predicted octanol–water partition coefficient (Wildman–Crippen LogP) is 7.89. The van der Waals surface area contributed by atoms with Crippen molar-refractivity contribution in [2.24, 2.45) is 11.8 Å². The van der Waals surface area contributed by atoms with Gasteiger partial charge in [-0.15, -0.1) is 11.3 Å². The number of ketones is 1. The van der Waals surface area contributed by atoms with Crippen LogP contribution in [-0.4, -0.2) is 135 Å². The molecule has 0 saturated carbocycles. The molecule has 414 valence electrons. The molecule has 3 fully saturated rings. The Hall–Kier alpha value is -6.91. The molecule has 9 rings (SSSR count). The highest BCUT2D eigenvalue weighted by Gasteiger charge is 2.42. The number of carbonyl (C=O) groups excluding carboxylic acids is 4. The van der Waals surface area contributed by atoms with E-state index in [4.69, 9.17) is 9.72 Å². The molecule has 0 bridgehead atoms. The van der Waals surface area contributed by atoms with Crippen LogP contribution in [0.25, 0.3) is 10.9 Å². The molecule has 0 spiro atoms. The molecule has 3 atom stereocenters. The number of anilines is 3. The number of carbonyl (C=O) groups is 4. The number of aryl methyl sites for hydroxylation is 1. The molecule has 19 nitrogen and oxygen atoms in total. The number of rotatable bonds is 18. The summed E-state index contributed by atoms with van der Waals surface area (Å²) in [6.45, 7) is 13.8. The molecule has 3 aliphatic rings. The quantitative estimate of drug-likeness (QED) is 0.0473. The standard InChI is InChI=1S/C56H69FN12O7S2/c1-33-34(2)65-66-50(33)64-51-41-28-46(78(74,75)56(4,5)6)45(29-42(41)60-32-61-51)76-27-9-10-36-18-23-67(24-19-36)47-17-14-39(30-59-47)54(72)68-25-20-37(21-26-68)48(63-52(71)35(3)58-7)55(73)69-22-8-11-44(69)53-62-43(31-77-53)49(70)38-12-15-40(57)16-13-38/h12-17,28-32,35-37,44,48,58H,8-11,18-27H2,1-7H3,(H,63,71)(H2,60,61,64,65,66)/t35-,44-,48-/m0/s1. The van der Waals surface area contributed by atoms with Gasteiger partial charge in [-0.3, -0.25) is 24.3 Å². The van der Waals surface area contributed by atoms with Crippen LogP contribution in [0.5, 0.6) is 5.75 Å². The van der Waals surface area contributed by atoms with Crippen LogP contribution in [0.4, 0.5) is 21.8 Å². The van der Waals surface area contributed by atoms with E-state index in [1.54, 1.807) is 68.3 Å². The number of amides is 3. The number of nitrogens with zero attached hydrogens (tertiary/aromatic N) is 8. The molecule has 0 radical (unpaired) electrons. The molecule has 6 aromatic rings. The Morgan fingerprint density at radius 3 is 2.31 bits per heavy atom. The third-order valence-corrected chi connectivity index (χ3v) is 19.1. The Morgan fingerprint density at radius 2 is 1.64 bits per heavy atom. The highest BCUT2D eigenvalue weighted by atomic mass is 32.2. The van der Waals surface area contributed by atoms with Crippen LogP contribution in [0.1, 0.15) is 128 Å². The first kappa shape index (κ1) is 55.8. The molecule has 4 N–H and O–H groups in total. The number of H-pyrrole nitrogens is 1. The Bertz CT molecular complexity index is 3260. The van der Waals surface area contributed by atoms with Crippen LogP contribution < -0.4 is 25.6 Å². The lowest BCUT2D eigenvalue weighted by Gasteiger charge is -2.38. The lowest BCUT2D eigenvalue weighted by atomic mass is 9.87. The Balaban J connectivity index is 0.770. The second-order valence-corrected chi connectivity index (χ2v) is 25.2. The van der Waals surface area contributed by atoms with Crippen LogP contribution >= 0.6 is 11.3 Å². The summed E-state index contributed by atoms with van der Waals surface area (Å²) < 4.78 is 46.7. The summed E-state index contributed by atoms with van der Waals surface area (Å²) in [6, 6.07) is 10.6. The monoisotopic (exact) mass is 1100 g/mol. The average molecular weight is 1110 g/mol. The largest absolute Gasteiger partial charge is 0.492 e. The number of likely N-dealkylation sites (tertiary alicyclic amines) is 2. The number of hydrogen-bond acceptors (Lipinski definition) is 16. The zero-order valence-corrected chi connectivity index (χ0v) is 46.9. The fourth-order valence-electron chi connectivity index (χ4n) is 10.4. The van der Waals surface area contributed by atoms with Crippen LogP contribution in [0.3, 0.4) is 0 Å². The minimum Gasteiger partial charge on any atom is -0.492 e. The first-order chi connectivity index (χ1) is 37.3. The van der Waals surface area contributed by atoms with Gasteiger partial charge in [0.2, 0.25) is 17.6 Å². The number of hydrogen-bond donors (Lipinski definition) is 4. The van der Waals surface area contributed by atoms with Gasteiger partial charge in [-0.2, -0.15) is 5.10 Å². The number of benzene rings is 2. The summed E-state index contributed by atoms with van der Waals surface area (Å²) >= 11 is 1.31. The van der Waals surface area contributed by atoms with Gasteiger partial charge < -0.3 is 35.4 Å². The molecule has 0 unspecified atom stereocenters. The van der Waals surface area contributed by atoms with Gasteiger partial charge in [0.15, 0.2) is 15.7 Å². The van der Waals surface area contributed by atoms with Gasteiger partial charge in [0.1, 0.15) is 51.2 Å². The van der Waals surface area contributed by atoms with E-state index in [2.05, 4.69) is 46.0 Å². The molecule has 22 heteroatoms. The number of likely N-dealkylation sites (N-methyl/N-ethyl adjacent to an activating group) is 1. The summed E-state index contributed by atoms with van der Waals surface area (Å²) in [6.07, 6.45) is 8.99. The van der Waals surface area contributed by atoms with Gasteiger partial charge in [0.25, 0.3) is 5.91 Å². The van der Waals surface area contributed by atoms with Gasteiger partial charge in [-0.1, -0.05) is 0 Å². The molecule has 3 amide bonds. The number of pyridine rings is 1. The van der Waals surface area contributed by atoms with E-state index < -0.39 is 32.5 Å². The van der Waals surface area contributed by atoms with Gasteiger partial charge in [-0.05, 0) is 154 Å². The normalized spacial score (nSPS) is 17.5. The van der Waals surface area contributed by atoms with Crippen LogP contribution in [-0.2, 0) is 19.4 Å². The molecule has 7 heterocycles. The Kier molecular flexibility index (Phi) is 16.9. The number of sulfone groups is 1. The molecule has 4 aromatic heterocycles. The fraction of sp³-hybridized carbons (Fsp3) is 0.482. The maximum Gasteiger partial charge on any atom is 0.255 e. The lowest BCUT2D eigenvalue weighted by Crippen LogP contribution is -2.57. The van der Waals surface area contributed by atoms with Crippen LogP contribution in [0.15, 0.2) is 71.3 Å². The summed E-state index contributed by atoms with van der Waals surface area (Å²) in [7, 11) is -2.14. The van der Waals surface area contributed by atoms with Gasteiger partial charge in [0.05, 0.1) is 34.5 Å². The maximum absolute atomic E-state index is 14.6. The average Bonchev–Trinajstić information content (AvgIpc) is 4.26. The Labute approximate surface area is 458 Å². The molecular formula is C56H69FN12O7S2. The molecule has 78 heavy (non-hydrogen) atoms. The van der Waals surface area contributed by atoms with E-state index in [9.17, 15) is 32.0 Å². The van der Waals surface area contributed by atoms with Crippen molar-refractivity contribution in [2.45, 2.75) is 121 Å². The first-order valence-corrected chi connectivity index (χ1v) is 29.2. The Morgan fingerprint density at radius 1 is 0.910 bits per heavy atom. The van der Waals surface area contributed by atoms with Crippen molar-refractivity contribution in [3.05, 3.63) is 105 Å². The van der Waals surface area contributed by atoms with Crippen molar-refractivity contribution in [1.29, 1.82) is 0 Å². The SMILES string of the molecule is CN[C@@H](C)C(=O)N[C@H](C(=O)N1CCC[C@H]1c1nc(C(=O)c2ccc(F)cc2)cs1)C1CCN(C(=O)c2ccc(N3CCC(CCCOc4cc5ncnc(Nc6n[nH]c(C)c6C)c5cc4S(=O)(=O)C(C)(C)C)CC3)nc2)CC1. The van der Waals surface area contributed by atoms with E-state index in [1.165, 1.54) is 41.9 Å². The third-order valence-electron chi connectivity index (χ3n) is 15.6. The number of ether oxygens (including phenoxy) is 1. The van der Waals surface area contributed by atoms with Crippen molar-refractivity contribution >= 4 is 73.0 Å². The second-order valence-electron chi connectivity index (χ2n) is 21.7. The van der Waals surface area contributed by atoms with E-state index >= 15 is 0 Å². The summed E-state index contributed by atoms with van der Waals surface area (Å²) in [5, 5.41) is 19.4. The highest BCUT2D eigenvalue weighted by Crippen LogP contribution is 2.39. The minimum atomic E-state index is -3.83. The number of thiazole rings is 1. The number of aromatic amines is 1. The lowest BCUT2D eigenvalue weighted by molar-refractivity contribution is -0.139. The molecule has 0 aliphatic carbocycles. The van der Waals surface area contributed by atoms with Gasteiger partial charge in [-0.25, -0.2) is 32.7 Å². The number of halogens is 1. The topological polar surface area (TPSA) is 238 Å². The molecule has 3 aliphatic heterocycles. The second kappa shape index (κ2) is 23.6. The van der Waals surface area contributed by atoms with Crippen LogP contribution in [0, 0.1) is 31.5 Å². The summed E-state index contributed by atoms with van der Waals surface area (Å²) in [4.78, 5) is 79.2. The molecular weight excluding hydrogens is 1040 g/mol. The summed E-state index contributed by atoms with van der Waals surface area (Å²) in [5.41, 5.74) is 3.41. The minimum absolute atomic E-state index is 0.0892. The van der Waals surface area contributed by atoms with Crippen molar-refractivity contribution in [3.63, 3.8) is 0 Å². The van der Waals surface area contributed by atoms with E-state index in [-0.39, 0.29) is 51.8 Å². The first-order valence-electron chi connectivity index (χ1n) is 26.8. The van der Waals surface area contributed by atoms with E-state index in [1.807, 2.05) is 26.0 Å². The maximum atomic E-state index is 14.6. The van der Waals surface area contributed by atoms with Crippen molar-refractivity contribution in [1.82, 2.24) is 50.6 Å². The summed E-state index contributed by atoms with van der Waals surface area (Å²) in [5.74, 6) is 0.895. The van der Waals surface area contributed by atoms with Gasteiger partial charge in [0, 0.05) is 72.6 Å². The van der Waals surface area contributed by atoms with E-state index in [0.717, 1.165) is 62.3 Å². The van der Waals surface area contributed by atoms with Crippen LogP contribution in [0.2, 0.25) is 0 Å². The zero-order chi connectivity index (χ0) is 55.5. The number of aromatic nitrogens is 6. The fourth-order valence-corrected chi connectivity index (χ4v) is 12.7. The van der Waals surface area contributed by atoms with E-state index in [0.29, 0.717) is 90.1 Å². The van der Waals surface area contributed by atoms with Crippen molar-refractivity contribution in [2.75, 3.05) is 56.6 Å². The van der Waals surface area contributed by atoms with Crippen molar-refractivity contribution in [3.8, 4) is 5.75 Å². The third kappa shape index (κ3) is 12.0. The zero-order valence-electron chi connectivity index (χ0n) is 45.3. The van der Waals surface area contributed by atoms with Crippen molar-refractivity contribution < 1.29 is 36.7 Å². The predicted molar refractivity (Wildman–Crippen MR) is 296 cm³/mol. The number of piperidine rings is 2. The number of nitrogens with one attached hydrogen (secondary N) is 4. The van der Waals surface area contributed by atoms with Gasteiger partial charge >= 0.3 is 0 Å². The molecule has 2 aromatic carbocycles.